The molecule has 2 aromatic carbocycles. The largest absolute Gasteiger partial charge is 0.490 e. The quantitative estimate of drug-likeness (QED) is 0.897. The first-order valence-electron chi connectivity index (χ1n) is 7.37. The van der Waals surface area contributed by atoms with Crippen LogP contribution in [-0.4, -0.2) is 13.2 Å². The Morgan fingerprint density at radius 3 is 2.48 bits per heavy atom. The minimum Gasteiger partial charge on any atom is -0.490 e. The summed E-state index contributed by atoms with van der Waals surface area (Å²) in [5.41, 5.74) is 3.15. The number of halogens is 1. The van der Waals surface area contributed by atoms with Crippen molar-refractivity contribution in [3.05, 3.63) is 65.0 Å². The van der Waals surface area contributed by atoms with Crippen molar-refractivity contribution in [2.45, 2.75) is 31.9 Å². The smallest absolute Gasteiger partial charge is 0.123 e. The van der Waals surface area contributed by atoms with E-state index in [1.807, 2.05) is 44.3 Å². The number of hydrogen-bond acceptors (Lipinski definition) is 2. The molecular weight excluding hydrogens is 265 g/mol. The highest BCUT2D eigenvalue weighted by atomic mass is 19.1. The van der Waals surface area contributed by atoms with Crippen molar-refractivity contribution < 1.29 is 9.13 Å². The molecule has 2 nitrogen and oxygen atoms in total. The zero-order valence-electron chi connectivity index (χ0n) is 12.4. The summed E-state index contributed by atoms with van der Waals surface area (Å²) >= 11 is 0. The van der Waals surface area contributed by atoms with Gasteiger partial charge in [-0.15, -0.1) is 0 Å². The Hall–Kier alpha value is -1.87. The lowest BCUT2D eigenvalue weighted by molar-refractivity contribution is 0.303. The van der Waals surface area contributed by atoms with Gasteiger partial charge in [0.2, 0.25) is 0 Å². The molecule has 1 aliphatic rings. The number of hydrogen-bond donors (Lipinski definition) is 1. The molecule has 21 heavy (non-hydrogen) atoms. The van der Waals surface area contributed by atoms with Crippen molar-refractivity contribution in [2.24, 2.45) is 0 Å². The third-order valence-electron chi connectivity index (χ3n) is 3.88. The van der Waals surface area contributed by atoms with Crippen LogP contribution in [0.2, 0.25) is 0 Å². The van der Waals surface area contributed by atoms with Crippen molar-refractivity contribution in [1.82, 2.24) is 5.32 Å². The average Bonchev–Trinajstić information content (AvgIpc) is 3.29. The third-order valence-corrected chi connectivity index (χ3v) is 3.88. The minimum absolute atomic E-state index is 0.0179. The van der Waals surface area contributed by atoms with E-state index in [9.17, 15) is 4.39 Å². The van der Waals surface area contributed by atoms with Crippen LogP contribution in [0.5, 0.6) is 5.75 Å². The van der Waals surface area contributed by atoms with Gasteiger partial charge in [0, 0.05) is 0 Å². The molecule has 1 aliphatic carbocycles. The maximum Gasteiger partial charge on any atom is 0.123 e. The SMILES string of the molecule is CNC(c1ccc(OC2CC2)cc1)c1cc(F)ccc1C. The van der Waals surface area contributed by atoms with Crippen LogP contribution in [0.1, 0.15) is 35.6 Å². The van der Waals surface area contributed by atoms with Crippen LogP contribution in [0, 0.1) is 12.7 Å². The van der Waals surface area contributed by atoms with Gasteiger partial charge in [-0.25, -0.2) is 4.39 Å². The fourth-order valence-corrected chi connectivity index (χ4v) is 2.54. The van der Waals surface area contributed by atoms with Gasteiger partial charge in [-0.3, -0.25) is 0 Å². The van der Waals surface area contributed by atoms with Crippen molar-refractivity contribution in [3.8, 4) is 5.75 Å². The molecule has 0 aromatic heterocycles. The average molecular weight is 285 g/mol. The van der Waals surface area contributed by atoms with E-state index in [1.54, 1.807) is 6.07 Å². The minimum atomic E-state index is -0.204. The number of nitrogens with one attached hydrogen (secondary N) is 1. The zero-order valence-corrected chi connectivity index (χ0v) is 12.4. The van der Waals surface area contributed by atoms with Gasteiger partial charge in [-0.1, -0.05) is 18.2 Å². The van der Waals surface area contributed by atoms with Crippen LogP contribution < -0.4 is 10.1 Å². The van der Waals surface area contributed by atoms with E-state index in [0.29, 0.717) is 6.10 Å². The summed E-state index contributed by atoms with van der Waals surface area (Å²) in [5.74, 6) is 0.705. The fourth-order valence-electron chi connectivity index (χ4n) is 2.54. The van der Waals surface area contributed by atoms with E-state index >= 15 is 0 Å². The van der Waals surface area contributed by atoms with Crippen molar-refractivity contribution in [1.29, 1.82) is 0 Å². The maximum atomic E-state index is 13.5. The Kier molecular flexibility index (Phi) is 3.93. The summed E-state index contributed by atoms with van der Waals surface area (Å²) in [6.07, 6.45) is 2.72. The van der Waals surface area contributed by atoms with E-state index in [2.05, 4.69) is 5.32 Å². The van der Waals surface area contributed by atoms with E-state index < -0.39 is 0 Å². The van der Waals surface area contributed by atoms with E-state index in [4.69, 9.17) is 4.74 Å². The molecule has 0 amide bonds. The number of benzene rings is 2. The van der Waals surface area contributed by atoms with Gasteiger partial charge in [-0.2, -0.15) is 0 Å². The lowest BCUT2D eigenvalue weighted by Crippen LogP contribution is -2.18. The van der Waals surface area contributed by atoms with Gasteiger partial charge in [0.05, 0.1) is 12.1 Å². The standard InChI is InChI=1S/C18H20FNO/c1-12-3-6-14(19)11-17(12)18(20-2)13-4-7-15(8-5-13)21-16-9-10-16/h3-8,11,16,18,20H,9-10H2,1-2H3. The monoisotopic (exact) mass is 285 g/mol. The number of rotatable bonds is 5. The van der Waals surface area contributed by atoms with Crippen LogP contribution >= 0.6 is 0 Å². The highest BCUT2D eigenvalue weighted by Gasteiger charge is 2.23. The fraction of sp³-hybridized carbons (Fsp3) is 0.333. The van der Waals surface area contributed by atoms with Crippen LogP contribution in [0.25, 0.3) is 0 Å². The third kappa shape index (κ3) is 3.24. The van der Waals surface area contributed by atoms with Crippen LogP contribution in [0.3, 0.4) is 0 Å². The number of aryl methyl sites for hydroxylation is 1. The normalized spacial score (nSPS) is 15.8. The lowest BCUT2D eigenvalue weighted by atomic mass is 9.95. The van der Waals surface area contributed by atoms with Gasteiger partial charge in [0.25, 0.3) is 0 Å². The molecule has 0 bridgehead atoms. The first-order valence-corrected chi connectivity index (χ1v) is 7.37. The van der Waals surface area contributed by atoms with Crippen molar-refractivity contribution in [2.75, 3.05) is 7.05 Å². The summed E-state index contributed by atoms with van der Waals surface area (Å²) in [5, 5.41) is 3.27. The molecule has 0 aliphatic heterocycles. The Morgan fingerprint density at radius 1 is 1.14 bits per heavy atom. The summed E-state index contributed by atoms with van der Waals surface area (Å²) in [6, 6.07) is 13.0. The Bertz CT molecular complexity index is 620. The topological polar surface area (TPSA) is 21.3 Å². The second-order valence-electron chi connectivity index (χ2n) is 5.61. The van der Waals surface area contributed by atoms with Gasteiger partial charge in [-0.05, 0) is 67.8 Å². The zero-order chi connectivity index (χ0) is 14.8. The van der Waals surface area contributed by atoms with E-state index in [-0.39, 0.29) is 11.9 Å². The van der Waals surface area contributed by atoms with Gasteiger partial charge in [0.1, 0.15) is 11.6 Å². The Balaban J connectivity index is 1.86. The van der Waals surface area contributed by atoms with Gasteiger partial charge in [0.15, 0.2) is 0 Å². The first kappa shape index (κ1) is 14.1. The summed E-state index contributed by atoms with van der Waals surface area (Å²) in [4.78, 5) is 0. The van der Waals surface area contributed by atoms with E-state index in [0.717, 1.165) is 35.3 Å². The molecule has 0 radical (unpaired) electrons. The molecule has 1 unspecified atom stereocenters. The predicted octanol–water partition coefficient (Wildman–Crippen LogP) is 3.98. The molecule has 2 aromatic rings. The molecule has 3 heteroatoms. The molecule has 0 heterocycles. The van der Waals surface area contributed by atoms with Crippen molar-refractivity contribution >= 4 is 0 Å². The second kappa shape index (κ2) is 5.86. The molecule has 0 spiro atoms. The van der Waals surface area contributed by atoms with E-state index in [1.165, 1.54) is 6.07 Å². The molecule has 1 saturated carbocycles. The lowest BCUT2D eigenvalue weighted by Gasteiger charge is -2.20. The highest BCUT2D eigenvalue weighted by molar-refractivity contribution is 5.39. The van der Waals surface area contributed by atoms with Crippen LogP contribution in [0.4, 0.5) is 4.39 Å². The van der Waals surface area contributed by atoms with Crippen LogP contribution in [-0.2, 0) is 0 Å². The summed E-state index contributed by atoms with van der Waals surface area (Å²) in [7, 11) is 1.89. The van der Waals surface area contributed by atoms with Crippen LogP contribution in [0.15, 0.2) is 42.5 Å². The summed E-state index contributed by atoms with van der Waals surface area (Å²) < 4.78 is 19.3. The molecule has 0 saturated heterocycles. The van der Waals surface area contributed by atoms with Gasteiger partial charge < -0.3 is 10.1 Å². The number of ether oxygens (including phenoxy) is 1. The molecule has 1 fully saturated rings. The highest BCUT2D eigenvalue weighted by Crippen LogP contribution is 2.30. The predicted molar refractivity (Wildman–Crippen MR) is 82.1 cm³/mol. The van der Waals surface area contributed by atoms with Gasteiger partial charge >= 0.3 is 0 Å². The molecule has 3 rings (SSSR count). The molecule has 110 valence electrons. The Morgan fingerprint density at radius 2 is 1.86 bits per heavy atom. The summed E-state index contributed by atoms with van der Waals surface area (Å²) in [6.45, 7) is 2.00. The maximum absolute atomic E-state index is 13.5. The molecular formula is C18H20FNO. The second-order valence-corrected chi connectivity index (χ2v) is 5.61. The Labute approximate surface area is 125 Å². The molecule has 1 N–H and O–H groups in total. The van der Waals surface area contributed by atoms with Crippen molar-refractivity contribution in [3.63, 3.8) is 0 Å². The molecule has 1 atom stereocenters. The first-order chi connectivity index (χ1) is 10.2.